The molecule has 0 aromatic heterocycles. The standard InChI is InChI=1S/C17H25BClN3O4S.ClH/c19-13-3-5-14(6-4-13)21-16(27)22-10-7-12(11-22)17(20,15(23)24)8-1-2-9-18(25)26;/h3-6,12,25-26H,1-2,7-11,20H2,(H,21,27)(H,23,24);1H/t12-,17?;/m0./s1. The molecule has 0 radical (unpaired) electrons. The van der Waals surface area contributed by atoms with E-state index >= 15 is 0 Å². The number of rotatable bonds is 8. The third-order valence-electron chi connectivity index (χ3n) is 5.00. The van der Waals surface area contributed by atoms with Crippen molar-refractivity contribution in [1.82, 2.24) is 4.90 Å². The molecule has 1 aromatic rings. The van der Waals surface area contributed by atoms with Crippen molar-refractivity contribution in [3.8, 4) is 0 Å². The van der Waals surface area contributed by atoms with Crippen LogP contribution in [0.5, 0.6) is 0 Å². The van der Waals surface area contributed by atoms with Crippen molar-refractivity contribution in [2.45, 2.75) is 37.5 Å². The Morgan fingerprint density at radius 3 is 2.57 bits per heavy atom. The molecule has 0 aliphatic carbocycles. The molecular formula is C17H26BCl2N3O4S. The number of anilines is 1. The predicted molar refractivity (Wildman–Crippen MR) is 118 cm³/mol. The number of aliphatic carboxylic acids is 1. The summed E-state index contributed by atoms with van der Waals surface area (Å²) in [6.45, 7) is 1.09. The first-order chi connectivity index (χ1) is 12.7. The topological polar surface area (TPSA) is 119 Å². The van der Waals surface area contributed by atoms with Crippen LogP contribution in [0, 0.1) is 5.92 Å². The molecule has 1 aliphatic rings. The van der Waals surface area contributed by atoms with Crippen LogP contribution in [-0.4, -0.2) is 56.9 Å². The minimum Gasteiger partial charge on any atom is -0.480 e. The number of unbranched alkanes of at least 4 members (excludes halogenated alkanes) is 1. The maximum absolute atomic E-state index is 11.8. The molecule has 0 saturated carbocycles. The first-order valence-electron chi connectivity index (χ1n) is 8.92. The van der Waals surface area contributed by atoms with Gasteiger partial charge in [-0.25, -0.2) is 0 Å². The van der Waals surface area contributed by atoms with Gasteiger partial charge in [0.2, 0.25) is 0 Å². The maximum Gasteiger partial charge on any atom is 0.451 e. The van der Waals surface area contributed by atoms with E-state index in [1.165, 1.54) is 0 Å². The Labute approximate surface area is 181 Å². The van der Waals surface area contributed by atoms with Crippen LogP contribution in [0.25, 0.3) is 0 Å². The van der Waals surface area contributed by atoms with Gasteiger partial charge in [0.25, 0.3) is 0 Å². The molecule has 1 heterocycles. The van der Waals surface area contributed by atoms with Gasteiger partial charge in [-0.15, -0.1) is 12.4 Å². The van der Waals surface area contributed by atoms with Crippen LogP contribution in [0.3, 0.4) is 0 Å². The minimum atomic E-state index is -1.37. The van der Waals surface area contributed by atoms with Crippen LogP contribution in [-0.2, 0) is 4.79 Å². The van der Waals surface area contributed by atoms with Gasteiger partial charge < -0.3 is 31.1 Å². The number of hydrogen-bond acceptors (Lipinski definition) is 5. The Hall–Kier alpha value is -1.10. The van der Waals surface area contributed by atoms with Crippen molar-refractivity contribution in [3.05, 3.63) is 29.3 Å². The summed E-state index contributed by atoms with van der Waals surface area (Å²) in [6, 6.07) is 7.17. The van der Waals surface area contributed by atoms with Crippen molar-refractivity contribution in [3.63, 3.8) is 0 Å². The summed E-state index contributed by atoms with van der Waals surface area (Å²) < 4.78 is 0. The zero-order valence-corrected chi connectivity index (χ0v) is 17.8. The Morgan fingerprint density at radius 2 is 2.00 bits per heavy atom. The number of halogens is 2. The largest absolute Gasteiger partial charge is 0.480 e. The fourth-order valence-corrected chi connectivity index (χ4v) is 3.74. The van der Waals surface area contributed by atoms with Crippen molar-refractivity contribution in [2.75, 3.05) is 18.4 Å². The zero-order valence-electron chi connectivity index (χ0n) is 15.4. The van der Waals surface area contributed by atoms with Crippen LogP contribution in [0.15, 0.2) is 24.3 Å². The van der Waals surface area contributed by atoms with Gasteiger partial charge in [0, 0.05) is 29.7 Å². The fraction of sp³-hybridized carbons (Fsp3) is 0.529. The van der Waals surface area contributed by atoms with E-state index in [1.54, 1.807) is 12.1 Å². The Morgan fingerprint density at radius 1 is 1.36 bits per heavy atom. The number of carboxylic acid groups (broad SMARTS) is 1. The van der Waals surface area contributed by atoms with Crippen molar-refractivity contribution >= 4 is 60.1 Å². The summed E-state index contributed by atoms with van der Waals surface area (Å²) in [5.74, 6) is -1.27. The fourth-order valence-electron chi connectivity index (χ4n) is 3.33. The van der Waals surface area contributed by atoms with Crippen LogP contribution in [0.4, 0.5) is 5.69 Å². The molecule has 28 heavy (non-hydrogen) atoms. The molecule has 2 atom stereocenters. The SMILES string of the molecule is Cl.NC(CCCCB(O)O)(C(=O)O)[C@H]1CCN(C(=S)Nc2ccc(Cl)cc2)C1. The van der Waals surface area contributed by atoms with Gasteiger partial charge in [0.05, 0.1) is 0 Å². The van der Waals surface area contributed by atoms with E-state index in [0.717, 1.165) is 5.69 Å². The number of carboxylic acids is 1. The molecule has 1 unspecified atom stereocenters. The summed E-state index contributed by atoms with van der Waals surface area (Å²) in [4.78, 5) is 13.8. The molecule has 1 aromatic carbocycles. The number of likely N-dealkylation sites (tertiary alicyclic amines) is 1. The summed E-state index contributed by atoms with van der Waals surface area (Å²) in [7, 11) is -1.37. The molecule has 1 aliphatic heterocycles. The minimum absolute atomic E-state index is 0. The third-order valence-corrected chi connectivity index (χ3v) is 5.61. The van der Waals surface area contributed by atoms with Gasteiger partial charge in [-0.2, -0.15) is 0 Å². The monoisotopic (exact) mass is 449 g/mol. The molecule has 156 valence electrons. The number of thiocarbonyl (C=S) groups is 1. The highest BCUT2D eigenvalue weighted by molar-refractivity contribution is 7.80. The van der Waals surface area contributed by atoms with E-state index in [9.17, 15) is 9.90 Å². The molecule has 0 bridgehead atoms. The van der Waals surface area contributed by atoms with Gasteiger partial charge in [0.1, 0.15) is 5.54 Å². The number of carbonyl (C=O) groups is 1. The summed E-state index contributed by atoms with van der Waals surface area (Å²) in [5, 5.41) is 31.8. The second kappa shape index (κ2) is 11.2. The highest BCUT2D eigenvalue weighted by Crippen LogP contribution is 2.31. The highest BCUT2D eigenvalue weighted by Gasteiger charge is 2.45. The van der Waals surface area contributed by atoms with Crippen LogP contribution < -0.4 is 11.1 Å². The molecule has 1 saturated heterocycles. The van der Waals surface area contributed by atoms with Crippen molar-refractivity contribution in [1.29, 1.82) is 0 Å². The smallest absolute Gasteiger partial charge is 0.451 e. The molecule has 6 N–H and O–H groups in total. The van der Waals surface area contributed by atoms with Gasteiger partial charge in [0.15, 0.2) is 5.11 Å². The first kappa shape index (κ1) is 24.9. The lowest BCUT2D eigenvalue weighted by atomic mass is 9.77. The van der Waals surface area contributed by atoms with Gasteiger partial charge in [-0.3, -0.25) is 4.79 Å². The molecule has 7 nitrogen and oxygen atoms in total. The second-order valence-corrected chi connectivity index (χ2v) is 7.76. The molecule has 1 fully saturated rings. The zero-order chi connectivity index (χ0) is 20.0. The van der Waals surface area contributed by atoms with Crippen molar-refractivity contribution < 1.29 is 19.9 Å². The Balaban J connectivity index is 0.00000392. The van der Waals surface area contributed by atoms with E-state index in [4.69, 9.17) is 39.6 Å². The van der Waals surface area contributed by atoms with Crippen LogP contribution >= 0.6 is 36.2 Å². The molecule has 0 amide bonds. The summed E-state index contributed by atoms with van der Waals surface area (Å²) in [5.41, 5.74) is 5.72. The lowest BCUT2D eigenvalue weighted by Gasteiger charge is -2.31. The number of hydrogen-bond donors (Lipinski definition) is 5. The van der Waals surface area contributed by atoms with Gasteiger partial charge in [-0.05, 0) is 55.6 Å². The molecule has 0 spiro atoms. The second-order valence-electron chi connectivity index (χ2n) is 6.94. The van der Waals surface area contributed by atoms with Crippen LogP contribution in [0.2, 0.25) is 11.3 Å². The lowest BCUT2D eigenvalue weighted by Crippen LogP contribution is -2.55. The Kier molecular flexibility index (Phi) is 9.96. The van der Waals surface area contributed by atoms with Gasteiger partial charge >= 0.3 is 13.1 Å². The molecule has 11 heteroatoms. The van der Waals surface area contributed by atoms with E-state index in [-0.39, 0.29) is 31.1 Å². The number of nitrogens with two attached hydrogens (primary N) is 1. The molecule has 2 rings (SSSR count). The quantitative estimate of drug-likeness (QED) is 0.233. The summed E-state index contributed by atoms with van der Waals surface area (Å²) in [6.07, 6.45) is 2.15. The maximum atomic E-state index is 11.8. The third kappa shape index (κ3) is 6.75. The average Bonchev–Trinajstić information content (AvgIpc) is 3.11. The predicted octanol–water partition coefficient (Wildman–Crippen LogP) is 2.21. The van der Waals surface area contributed by atoms with E-state index in [0.29, 0.717) is 42.5 Å². The van der Waals surface area contributed by atoms with Gasteiger partial charge in [-0.1, -0.05) is 24.4 Å². The normalized spacial score (nSPS) is 18.1. The highest BCUT2D eigenvalue weighted by atomic mass is 35.5. The summed E-state index contributed by atoms with van der Waals surface area (Å²) >= 11 is 11.3. The van der Waals surface area contributed by atoms with E-state index < -0.39 is 18.6 Å². The lowest BCUT2D eigenvalue weighted by molar-refractivity contribution is -0.145. The van der Waals surface area contributed by atoms with Crippen LogP contribution in [0.1, 0.15) is 25.7 Å². The van der Waals surface area contributed by atoms with E-state index in [2.05, 4.69) is 5.32 Å². The number of nitrogens with zero attached hydrogens (tertiary/aromatic N) is 1. The van der Waals surface area contributed by atoms with E-state index in [1.807, 2.05) is 17.0 Å². The van der Waals surface area contributed by atoms with Crippen molar-refractivity contribution in [2.24, 2.45) is 11.7 Å². The number of benzene rings is 1. The number of nitrogens with one attached hydrogen (secondary N) is 1. The Bertz CT molecular complexity index is 668. The molecular weight excluding hydrogens is 424 g/mol. The first-order valence-corrected chi connectivity index (χ1v) is 9.71. The average molecular weight is 450 g/mol.